The van der Waals surface area contributed by atoms with Crippen LogP contribution in [0.3, 0.4) is 0 Å². The van der Waals surface area contributed by atoms with Crippen molar-refractivity contribution in [1.82, 2.24) is 19.5 Å². The third kappa shape index (κ3) is 1.92. The molecule has 5 nitrogen and oxygen atoms in total. The van der Waals surface area contributed by atoms with E-state index in [1.807, 2.05) is 10.8 Å². The second-order valence-corrected chi connectivity index (χ2v) is 4.62. The molecule has 0 spiro atoms. The van der Waals surface area contributed by atoms with Crippen LogP contribution in [0.1, 0.15) is 12.5 Å². The van der Waals surface area contributed by atoms with E-state index in [0.717, 1.165) is 17.7 Å². The van der Waals surface area contributed by atoms with Crippen molar-refractivity contribution < 1.29 is 0 Å². The first kappa shape index (κ1) is 11.9. The molecule has 3 rings (SSSR count). The van der Waals surface area contributed by atoms with Crippen LogP contribution >= 0.6 is 11.6 Å². The molecule has 0 fully saturated rings. The number of halogens is 1. The van der Waals surface area contributed by atoms with Crippen LogP contribution in [0.2, 0.25) is 5.02 Å². The summed E-state index contributed by atoms with van der Waals surface area (Å²) in [5, 5.41) is 1.21. The quantitative estimate of drug-likeness (QED) is 0.779. The lowest BCUT2D eigenvalue weighted by Gasteiger charge is -2.05. The molecule has 3 aromatic heterocycles. The number of aromatic nitrogens is 4. The number of hydrogen-bond acceptors (Lipinski definition) is 4. The average molecular weight is 274 g/mol. The molecule has 0 bridgehead atoms. The molecule has 3 aromatic rings. The maximum Gasteiger partial charge on any atom is 0.151 e. The predicted octanol–water partition coefficient (Wildman–Crippen LogP) is 2.61. The Labute approximate surface area is 115 Å². The van der Waals surface area contributed by atoms with E-state index in [9.17, 15) is 0 Å². The largest absolute Gasteiger partial charge is 0.383 e. The van der Waals surface area contributed by atoms with Gasteiger partial charge in [-0.05, 0) is 18.1 Å². The molecule has 0 aliphatic rings. The molecule has 6 heteroatoms. The van der Waals surface area contributed by atoms with Crippen molar-refractivity contribution in [3.63, 3.8) is 0 Å². The molecular formula is C13H12ClN5. The number of nitrogens with two attached hydrogens (primary N) is 1. The Bertz CT molecular complexity index is 750. The average Bonchev–Trinajstić information content (AvgIpc) is 2.78. The minimum absolute atomic E-state index is 0.383. The minimum Gasteiger partial charge on any atom is -0.383 e. The summed E-state index contributed by atoms with van der Waals surface area (Å²) in [5.74, 6) is 0.383. The molecule has 0 radical (unpaired) electrons. The first-order valence-corrected chi connectivity index (χ1v) is 6.30. The van der Waals surface area contributed by atoms with E-state index in [4.69, 9.17) is 17.3 Å². The Morgan fingerprint density at radius 1 is 1.32 bits per heavy atom. The van der Waals surface area contributed by atoms with Gasteiger partial charge < -0.3 is 5.73 Å². The highest BCUT2D eigenvalue weighted by molar-refractivity contribution is 6.36. The van der Waals surface area contributed by atoms with Crippen LogP contribution in [0, 0.1) is 0 Å². The highest BCUT2D eigenvalue weighted by atomic mass is 35.5. The van der Waals surface area contributed by atoms with Gasteiger partial charge in [-0.15, -0.1) is 0 Å². The Kier molecular flexibility index (Phi) is 2.83. The Balaban J connectivity index is 2.28. The van der Waals surface area contributed by atoms with Gasteiger partial charge in [-0.1, -0.05) is 18.5 Å². The Hall–Kier alpha value is -2.14. The van der Waals surface area contributed by atoms with Crippen molar-refractivity contribution in [2.45, 2.75) is 13.3 Å². The fraction of sp³-hybridized carbons (Fsp3) is 0.154. The van der Waals surface area contributed by atoms with E-state index in [-0.39, 0.29) is 0 Å². The monoisotopic (exact) mass is 273 g/mol. The van der Waals surface area contributed by atoms with Gasteiger partial charge in [-0.3, -0.25) is 9.55 Å². The van der Waals surface area contributed by atoms with E-state index >= 15 is 0 Å². The summed E-state index contributed by atoms with van der Waals surface area (Å²) >= 11 is 6.21. The molecule has 0 aliphatic heterocycles. The van der Waals surface area contributed by atoms with Gasteiger partial charge in [-0.2, -0.15) is 0 Å². The number of fused-ring (bicyclic) bond motifs is 1. The standard InChI is InChI=1S/C13H12ClN5/c1-2-8-3-9(5-16-4-8)19-6-10(14)11-12(15)17-7-18-13(11)19/h3-7H,2H2,1H3,(H2,15,17,18). The van der Waals surface area contributed by atoms with Gasteiger partial charge in [0.25, 0.3) is 0 Å². The zero-order chi connectivity index (χ0) is 13.4. The molecular weight excluding hydrogens is 262 g/mol. The molecule has 2 N–H and O–H groups in total. The fourth-order valence-corrected chi connectivity index (χ4v) is 2.31. The molecule has 96 valence electrons. The number of hydrogen-bond donors (Lipinski definition) is 1. The summed E-state index contributed by atoms with van der Waals surface area (Å²) in [7, 11) is 0. The lowest BCUT2D eigenvalue weighted by atomic mass is 10.2. The zero-order valence-electron chi connectivity index (χ0n) is 10.3. The SMILES string of the molecule is CCc1cncc(-n2cc(Cl)c3c(N)ncnc32)c1. The van der Waals surface area contributed by atoms with Gasteiger partial charge in [0.15, 0.2) is 5.65 Å². The summed E-state index contributed by atoms with van der Waals surface area (Å²) in [5.41, 5.74) is 8.59. The number of pyridine rings is 1. The van der Waals surface area contributed by atoms with E-state index in [1.54, 1.807) is 12.4 Å². The van der Waals surface area contributed by atoms with Crippen LogP contribution in [-0.2, 0) is 6.42 Å². The van der Waals surface area contributed by atoms with Crippen LogP contribution in [-0.4, -0.2) is 19.5 Å². The van der Waals surface area contributed by atoms with Gasteiger partial charge in [-0.25, -0.2) is 9.97 Å². The molecule has 0 unspecified atom stereocenters. The zero-order valence-corrected chi connectivity index (χ0v) is 11.1. The first-order chi connectivity index (χ1) is 9.20. The van der Waals surface area contributed by atoms with Crippen molar-refractivity contribution in [1.29, 1.82) is 0 Å². The summed E-state index contributed by atoms with van der Waals surface area (Å²) in [4.78, 5) is 12.4. The molecule has 0 saturated carbocycles. The van der Waals surface area contributed by atoms with E-state index < -0.39 is 0 Å². The van der Waals surface area contributed by atoms with E-state index in [0.29, 0.717) is 21.9 Å². The summed E-state index contributed by atoms with van der Waals surface area (Å²) in [6.07, 6.45) is 7.76. The highest BCUT2D eigenvalue weighted by Gasteiger charge is 2.13. The van der Waals surface area contributed by atoms with Crippen LogP contribution in [0.25, 0.3) is 16.7 Å². The molecule has 0 aromatic carbocycles. The van der Waals surface area contributed by atoms with Gasteiger partial charge >= 0.3 is 0 Å². The predicted molar refractivity (Wildman–Crippen MR) is 75.5 cm³/mol. The van der Waals surface area contributed by atoms with Crippen LogP contribution in [0.15, 0.2) is 31.0 Å². The lowest BCUT2D eigenvalue weighted by Crippen LogP contribution is -1.98. The lowest BCUT2D eigenvalue weighted by molar-refractivity contribution is 1.03. The normalized spacial score (nSPS) is 11.1. The first-order valence-electron chi connectivity index (χ1n) is 5.92. The number of anilines is 1. The molecule has 0 atom stereocenters. The Morgan fingerprint density at radius 3 is 2.95 bits per heavy atom. The van der Waals surface area contributed by atoms with Crippen molar-refractivity contribution in [2.75, 3.05) is 5.73 Å². The van der Waals surface area contributed by atoms with E-state index in [2.05, 4.69) is 27.9 Å². The van der Waals surface area contributed by atoms with Gasteiger partial charge in [0.05, 0.1) is 22.3 Å². The second kappa shape index (κ2) is 4.51. The van der Waals surface area contributed by atoms with Crippen molar-refractivity contribution in [3.8, 4) is 5.69 Å². The Morgan fingerprint density at radius 2 is 2.16 bits per heavy atom. The third-order valence-electron chi connectivity index (χ3n) is 3.03. The van der Waals surface area contributed by atoms with E-state index in [1.165, 1.54) is 6.33 Å². The van der Waals surface area contributed by atoms with Crippen molar-refractivity contribution >= 4 is 28.5 Å². The summed E-state index contributed by atoms with van der Waals surface area (Å²) in [6.45, 7) is 2.09. The molecule has 0 amide bonds. The maximum atomic E-state index is 6.21. The second-order valence-electron chi connectivity index (χ2n) is 4.21. The highest BCUT2D eigenvalue weighted by Crippen LogP contribution is 2.29. The minimum atomic E-state index is 0.383. The number of rotatable bonds is 2. The molecule has 3 heterocycles. The fourth-order valence-electron chi connectivity index (χ4n) is 2.04. The topological polar surface area (TPSA) is 69.6 Å². The van der Waals surface area contributed by atoms with Crippen molar-refractivity contribution in [2.24, 2.45) is 0 Å². The molecule has 19 heavy (non-hydrogen) atoms. The molecule has 0 aliphatic carbocycles. The third-order valence-corrected chi connectivity index (χ3v) is 3.32. The van der Waals surface area contributed by atoms with Gasteiger partial charge in [0.2, 0.25) is 0 Å². The van der Waals surface area contributed by atoms with Gasteiger partial charge in [0, 0.05) is 12.4 Å². The van der Waals surface area contributed by atoms with Crippen molar-refractivity contribution in [3.05, 3.63) is 41.6 Å². The van der Waals surface area contributed by atoms with Crippen LogP contribution in [0.4, 0.5) is 5.82 Å². The maximum absolute atomic E-state index is 6.21. The van der Waals surface area contributed by atoms with Crippen LogP contribution in [0.5, 0.6) is 0 Å². The summed E-state index contributed by atoms with van der Waals surface area (Å²) in [6, 6.07) is 2.06. The number of nitrogen functional groups attached to an aromatic ring is 1. The number of nitrogens with zero attached hydrogens (tertiary/aromatic N) is 4. The number of aryl methyl sites for hydroxylation is 1. The molecule has 0 saturated heterocycles. The smallest absolute Gasteiger partial charge is 0.151 e. The van der Waals surface area contributed by atoms with Gasteiger partial charge in [0.1, 0.15) is 12.1 Å². The summed E-state index contributed by atoms with van der Waals surface area (Å²) < 4.78 is 1.88. The van der Waals surface area contributed by atoms with Crippen LogP contribution < -0.4 is 5.73 Å².